The first kappa shape index (κ1) is 19.7. The van der Waals surface area contributed by atoms with E-state index >= 15 is 0 Å². The van der Waals surface area contributed by atoms with Crippen molar-refractivity contribution in [3.05, 3.63) is 35.9 Å². The minimum absolute atomic E-state index is 0.0854. The Morgan fingerprint density at radius 2 is 2.11 bits per heavy atom. The van der Waals surface area contributed by atoms with Gasteiger partial charge in [-0.25, -0.2) is 9.59 Å². The first-order chi connectivity index (χ1) is 13.4. The molecule has 1 aliphatic rings. The average molecular weight is 387 g/mol. The Kier molecular flexibility index (Phi) is 5.81. The van der Waals surface area contributed by atoms with Crippen molar-refractivity contribution >= 4 is 17.7 Å². The van der Waals surface area contributed by atoms with E-state index in [0.717, 1.165) is 18.7 Å². The molecule has 0 radical (unpaired) electrons. The molecule has 0 spiro atoms. The number of nitrogens with one attached hydrogen (secondary N) is 1. The van der Waals surface area contributed by atoms with Gasteiger partial charge in [-0.3, -0.25) is 0 Å². The monoisotopic (exact) mass is 387 g/mol. The van der Waals surface area contributed by atoms with Gasteiger partial charge in [0, 0.05) is 13.6 Å². The quantitative estimate of drug-likeness (QED) is 0.792. The number of hydrogen-bond acceptors (Lipinski definition) is 6. The van der Waals surface area contributed by atoms with Gasteiger partial charge in [0.2, 0.25) is 0 Å². The summed E-state index contributed by atoms with van der Waals surface area (Å²) >= 11 is 0. The summed E-state index contributed by atoms with van der Waals surface area (Å²) < 4.78 is 12.4. The van der Waals surface area contributed by atoms with Gasteiger partial charge >= 0.3 is 12.0 Å². The van der Waals surface area contributed by atoms with E-state index in [1.807, 2.05) is 25.5 Å². The van der Waals surface area contributed by atoms with Crippen LogP contribution in [0.25, 0.3) is 0 Å². The zero-order chi connectivity index (χ0) is 20.3. The van der Waals surface area contributed by atoms with Crippen LogP contribution in [0.15, 0.2) is 24.5 Å². The van der Waals surface area contributed by atoms with Gasteiger partial charge in [0.05, 0.1) is 30.5 Å². The first-order valence-corrected chi connectivity index (χ1v) is 9.21. The van der Waals surface area contributed by atoms with Crippen LogP contribution in [0, 0.1) is 0 Å². The minimum Gasteiger partial charge on any atom is -0.489 e. The molecule has 1 fully saturated rings. The molecule has 2 amide bonds. The number of rotatable bonds is 5. The molecule has 1 aromatic heterocycles. The molecule has 2 aromatic rings. The predicted octanol–water partition coefficient (Wildman–Crippen LogP) is 2.76. The first-order valence-electron chi connectivity index (χ1n) is 9.21. The number of esters is 1. The van der Waals surface area contributed by atoms with Gasteiger partial charge in [0.15, 0.2) is 5.82 Å². The number of hydrogen-bond donors (Lipinski definition) is 1. The highest BCUT2D eigenvalue weighted by Crippen LogP contribution is 2.33. The van der Waals surface area contributed by atoms with Crippen molar-refractivity contribution in [2.24, 2.45) is 7.05 Å². The average Bonchev–Trinajstić information content (AvgIpc) is 3.30. The fraction of sp³-hybridized carbons (Fsp3) is 0.474. The van der Waals surface area contributed by atoms with E-state index < -0.39 is 5.97 Å². The lowest BCUT2D eigenvalue weighted by Gasteiger charge is -2.25. The number of amides is 2. The lowest BCUT2D eigenvalue weighted by Crippen LogP contribution is -2.35. The van der Waals surface area contributed by atoms with Gasteiger partial charge in [-0.05, 0) is 44.9 Å². The van der Waals surface area contributed by atoms with Gasteiger partial charge < -0.3 is 24.3 Å². The summed E-state index contributed by atoms with van der Waals surface area (Å²) in [6.45, 7) is 4.40. The smallest absolute Gasteiger partial charge is 0.337 e. The molecular formula is C19H25N5O4. The Morgan fingerprint density at radius 3 is 2.75 bits per heavy atom. The Balaban J connectivity index is 1.85. The van der Waals surface area contributed by atoms with Crippen LogP contribution in [0.2, 0.25) is 0 Å². The van der Waals surface area contributed by atoms with Crippen molar-refractivity contribution in [2.45, 2.75) is 38.8 Å². The van der Waals surface area contributed by atoms with Crippen molar-refractivity contribution in [1.29, 1.82) is 0 Å². The molecule has 1 aliphatic heterocycles. The molecule has 28 heavy (non-hydrogen) atoms. The molecule has 9 nitrogen and oxygen atoms in total. The number of urea groups is 1. The molecule has 1 saturated heterocycles. The second-order valence-corrected chi connectivity index (χ2v) is 6.95. The maximum atomic E-state index is 13.0. The summed E-state index contributed by atoms with van der Waals surface area (Å²) in [4.78, 5) is 26.6. The van der Waals surface area contributed by atoms with Gasteiger partial charge in [0.1, 0.15) is 12.1 Å². The van der Waals surface area contributed by atoms with E-state index in [4.69, 9.17) is 9.47 Å². The van der Waals surface area contributed by atoms with Crippen molar-refractivity contribution < 1.29 is 19.1 Å². The Labute approximate surface area is 163 Å². The Bertz CT molecular complexity index is 864. The summed E-state index contributed by atoms with van der Waals surface area (Å²) in [6, 6.07) is 4.41. The number of nitrogens with zero attached hydrogens (tertiary/aromatic N) is 4. The number of aryl methyl sites for hydroxylation is 1. The van der Waals surface area contributed by atoms with Gasteiger partial charge in [0.25, 0.3) is 0 Å². The number of ether oxygens (including phenoxy) is 2. The van der Waals surface area contributed by atoms with E-state index in [0.29, 0.717) is 23.5 Å². The van der Waals surface area contributed by atoms with Crippen molar-refractivity contribution in [1.82, 2.24) is 19.7 Å². The van der Waals surface area contributed by atoms with Gasteiger partial charge in [-0.15, -0.1) is 10.2 Å². The van der Waals surface area contributed by atoms with Crippen LogP contribution >= 0.6 is 0 Å². The lowest BCUT2D eigenvalue weighted by atomic mass is 10.2. The molecule has 9 heteroatoms. The third kappa shape index (κ3) is 4.08. The van der Waals surface area contributed by atoms with E-state index in [1.165, 1.54) is 7.11 Å². The molecule has 1 unspecified atom stereocenters. The zero-order valence-corrected chi connectivity index (χ0v) is 16.5. The third-order valence-corrected chi connectivity index (χ3v) is 4.56. The summed E-state index contributed by atoms with van der Waals surface area (Å²) in [5.74, 6) is 0.754. The summed E-state index contributed by atoms with van der Waals surface area (Å²) in [7, 11) is 3.17. The predicted molar refractivity (Wildman–Crippen MR) is 102 cm³/mol. The van der Waals surface area contributed by atoms with Gasteiger partial charge in [-0.1, -0.05) is 0 Å². The van der Waals surface area contributed by atoms with E-state index in [9.17, 15) is 9.59 Å². The molecule has 1 N–H and O–H groups in total. The molecule has 2 heterocycles. The van der Waals surface area contributed by atoms with Crippen molar-refractivity contribution in [2.75, 3.05) is 19.0 Å². The molecule has 0 saturated carbocycles. The summed E-state index contributed by atoms with van der Waals surface area (Å²) in [5.41, 5.74) is 0.755. The van der Waals surface area contributed by atoms with Gasteiger partial charge in [-0.2, -0.15) is 0 Å². The van der Waals surface area contributed by atoms with Crippen LogP contribution in [-0.4, -0.2) is 51.4 Å². The minimum atomic E-state index is -0.482. The van der Waals surface area contributed by atoms with Crippen molar-refractivity contribution in [3.8, 4) is 5.75 Å². The zero-order valence-electron chi connectivity index (χ0n) is 16.5. The highest BCUT2D eigenvalue weighted by molar-refractivity contribution is 5.95. The second kappa shape index (κ2) is 8.28. The lowest BCUT2D eigenvalue weighted by molar-refractivity contribution is 0.0600. The maximum absolute atomic E-state index is 13.0. The standard InChI is InChI=1S/C19H25N5O4/c1-12(2)28-16-8-7-13(18(25)27-4)10-14(16)21-19(26)24-9-5-6-15(24)17-22-20-11-23(17)3/h7-8,10-12,15H,5-6,9H2,1-4H3,(H,21,26). The molecule has 0 aliphatic carbocycles. The van der Waals surface area contributed by atoms with Crippen molar-refractivity contribution in [3.63, 3.8) is 0 Å². The maximum Gasteiger partial charge on any atom is 0.337 e. The highest BCUT2D eigenvalue weighted by atomic mass is 16.5. The Morgan fingerprint density at radius 1 is 1.32 bits per heavy atom. The molecule has 3 rings (SSSR count). The molecule has 0 bridgehead atoms. The van der Waals surface area contributed by atoms with E-state index in [2.05, 4.69) is 15.5 Å². The molecule has 1 aromatic carbocycles. The fourth-order valence-electron chi connectivity index (χ4n) is 3.29. The summed E-state index contributed by atoms with van der Waals surface area (Å²) in [5, 5.41) is 10.9. The number of likely N-dealkylation sites (tertiary alicyclic amines) is 1. The van der Waals surface area contributed by atoms with Crippen LogP contribution in [0.5, 0.6) is 5.75 Å². The number of carbonyl (C=O) groups is 2. The van der Waals surface area contributed by atoms with Crippen LogP contribution in [0.3, 0.4) is 0 Å². The topological polar surface area (TPSA) is 98.6 Å². The number of benzene rings is 1. The molecular weight excluding hydrogens is 362 g/mol. The fourth-order valence-corrected chi connectivity index (χ4v) is 3.29. The number of aromatic nitrogens is 3. The normalized spacial score (nSPS) is 16.3. The largest absolute Gasteiger partial charge is 0.489 e. The van der Waals surface area contributed by atoms with Crippen LogP contribution in [0.1, 0.15) is 48.9 Å². The van der Waals surface area contributed by atoms with Crippen LogP contribution < -0.4 is 10.1 Å². The van der Waals surface area contributed by atoms with Crippen LogP contribution in [-0.2, 0) is 11.8 Å². The second-order valence-electron chi connectivity index (χ2n) is 6.95. The van der Waals surface area contributed by atoms with E-state index in [1.54, 1.807) is 29.4 Å². The molecule has 1 atom stereocenters. The number of anilines is 1. The van der Waals surface area contributed by atoms with Crippen LogP contribution in [0.4, 0.5) is 10.5 Å². The van der Waals surface area contributed by atoms with E-state index in [-0.39, 0.29) is 18.2 Å². The highest BCUT2D eigenvalue weighted by Gasteiger charge is 2.33. The molecule has 150 valence electrons. The number of carbonyl (C=O) groups excluding carboxylic acids is 2. The summed E-state index contributed by atoms with van der Waals surface area (Å²) in [6.07, 6.45) is 3.23. The third-order valence-electron chi connectivity index (χ3n) is 4.56. The SMILES string of the molecule is COC(=O)c1ccc(OC(C)C)c(NC(=O)N2CCCC2c2nncn2C)c1. The Hall–Kier alpha value is -3.10. The number of methoxy groups -OCH3 is 1.